The Hall–Kier alpha value is -1.18. The molecule has 0 rings (SSSR count). The highest BCUT2D eigenvalue weighted by molar-refractivity contribution is 6.07. The second-order valence-corrected chi connectivity index (χ2v) is 4.47. The number of allylic oxidation sites excluding steroid dienone is 2. The summed E-state index contributed by atoms with van der Waals surface area (Å²) in [7, 11) is 0. The Morgan fingerprint density at radius 1 is 1.00 bits per heavy atom. The lowest BCUT2D eigenvalue weighted by Crippen LogP contribution is -2.48. The molecule has 2 atom stereocenters. The van der Waals surface area contributed by atoms with Gasteiger partial charge in [-0.05, 0) is 11.8 Å². The van der Waals surface area contributed by atoms with Crippen LogP contribution >= 0.6 is 0 Å². The van der Waals surface area contributed by atoms with Crippen molar-refractivity contribution in [2.45, 2.75) is 40.5 Å². The third-order valence-corrected chi connectivity index (χ3v) is 3.71. The molecule has 0 spiro atoms. The van der Waals surface area contributed by atoms with Gasteiger partial charge in [0, 0.05) is 12.8 Å². The topological polar surface area (TPSA) is 34.1 Å². The largest absolute Gasteiger partial charge is 0.299 e. The first-order valence-corrected chi connectivity index (χ1v) is 6.24. The summed E-state index contributed by atoms with van der Waals surface area (Å²) in [5.74, 6) is -0.362. The van der Waals surface area contributed by atoms with Crippen LogP contribution in [0.4, 0.5) is 0 Å². The summed E-state index contributed by atoms with van der Waals surface area (Å²) in [6, 6.07) is 0. The molecule has 2 unspecified atom stereocenters. The van der Waals surface area contributed by atoms with E-state index in [1.54, 1.807) is 26.0 Å². The molecule has 0 radical (unpaired) electrons. The number of Topliss-reactive ketones (excluding diaryl/α,β-unsaturated/α-hetero) is 2. The van der Waals surface area contributed by atoms with E-state index in [1.807, 2.05) is 13.8 Å². The zero-order valence-corrected chi connectivity index (χ0v) is 11.5. The summed E-state index contributed by atoms with van der Waals surface area (Å²) in [6.07, 6.45) is 4.12. The summed E-state index contributed by atoms with van der Waals surface area (Å²) in [6.45, 7) is 14.8. The first kappa shape index (κ1) is 15.8. The predicted octanol–water partition coefficient (Wildman–Crippen LogP) is 3.58. The SMILES string of the molecule is C=CC(C)C(C(=O)CC)(C(=O)CC)C(C)C=C. The van der Waals surface area contributed by atoms with Crippen LogP contribution in [0.25, 0.3) is 0 Å². The van der Waals surface area contributed by atoms with Gasteiger partial charge in [0.05, 0.1) is 5.41 Å². The lowest BCUT2D eigenvalue weighted by Gasteiger charge is -2.38. The molecule has 2 nitrogen and oxygen atoms in total. The van der Waals surface area contributed by atoms with Gasteiger partial charge < -0.3 is 0 Å². The fraction of sp³-hybridized carbons (Fsp3) is 0.600. The van der Waals surface area contributed by atoms with E-state index in [4.69, 9.17) is 0 Å². The molecule has 0 aliphatic carbocycles. The highest BCUT2D eigenvalue weighted by Gasteiger charge is 2.49. The van der Waals surface area contributed by atoms with Crippen molar-refractivity contribution >= 4 is 11.6 Å². The number of rotatable bonds is 8. The normalized spacial score (nSPS) is 14.8. The number of hydrogen-bond acceptors (Lipinski definition) is 2. The molecule has 0 aromatic rings. The van der Waals surface area contributed by atoms with Crippen LogP contribution in [0, 0.1) is 17.3 Å². The van der Waals surface area contributed by atoms with E-state index < -0.39 is 5.41 Å². The monoisotopic (exact) mass is 236 g/mol. The number of carbonyl (C=O) groups excluding carboxylic acids is 2. The zero-order valence-electron chi connectivity index (χ0n) is 11.5. The fourth-order valence-electron chi connectivity index (χ4n) is 2.54. The van der Waals surface area contributed by atoms with E-state index in [1.165, 1.54) is 0 Å². The molecule has 0 bridgehead atoms. The maximum Gasteiger partial charge on any atom is 0.147 e. The van der Waals surface area contributed by atoms with Gasteiger partial charge in [-0.1, -0.05) is 39.8 Å². The molecule has 0 heterocycles. The molecule has 96 valence electrons. The predicted molar refractivity (Wildman–Crippen MR) is 71.8 cm³/mol. The number of ketones is 2. The highest BCUT2D eigenvalue weighted by atomic mass is 16.2. The van der Waals surface area contributed by atoms with Crippen molar-refractivity contribution in [3.8, 4) is 0 Å². The first-order chi connectivity index (χ1) is 7.93. The van der Waals surface area contributed by atoms with Gasteiger partial charge in [-0.2, -0.15) is 0 Å². The minimum atomic E-state index is -0.979. The van der Waals surface area contributed by atoms with Crippen LogP contribution in [0.1, 0.15) is 40.5 Å². The van der Waals surface area contributed by atoms with E-state index in [9.17, 15) is 9.59 Å². The van der Waals surface area contributed by atoms with Gasteiger partial charge in [0.1, 0.15) is 11.6 Å². The van der Waals surface area contributed by atoms with Crippen molar-refractivity contribution in [1.29, 1.82) is 0 Å². The van der Waals surface area contributed by atoms with E-state index in [-0.39, 0.29) is 23.4 Å². The van der Waals surface area contributed by atoms with Gasteiger partial charge in [-0.3, -0.25) is 9.59 Å². The lowest BCUT2D eigenvalue weighted by atomic mass is 9.61. The molecule has 0 saturated heterocycles. The van der Waals surface area contributed by atoms with Gasteiger partial charge in [0.2, 0.25) is 0 Å². The molecule has 0 N–H and O–H groups in total. The van der Waals surface area contributed by atoms with Crippen LogP contribution in [-0.4, -0.2) is 11.6 Å². The Morgan fingerprint density at radius 2 is 1.29 bits per heavy atom. The quantitative estimate of drug-likeness (QED) is 0.477. The third-order valence-electron chi connectivity index (χ3n) is 3.71. The van der Waals surface area contributed by atoms with Gasteiger partial charge in [0.25, 0.3) is 0 Å². The molecular formula is C15H24O2. The van der Waals surface area contributed by atoms with Gasteiger partial charge >= 0.3 is 0 Å². The van der Waals surface area contributed by atoms with Crippen molar-refractivity contribution < 1.29 is 9.59 Å². The van der Waals surface area contributed by atoms with Gasteiger partial charge in [-0.15, -0.1) is 13.2 Å². The zero-order chi connectivity index (χ0) is 13.6. The summed E-state index contributed by atoms with van der Waals surface area (Å²) in [5, 5.41) is 0. The van der Waals surface area contributed by atoms with Crippen molar-refractivity contribution in [2.24, 2.45) is 17.3 Å². The highest BCUT2D eigenvalue weighted by Crippen LogP contribution is 2.41. The van der Waals surface area contributed by atoms with Crippen LogP contribution < -0.4 is 0 Å². The van der Waals surface area contributed by atoms with E-state index >= 15 is 0 Å². The Balaban J connectivity index is 5.86. The van der Waals surface area contributed by atoms with E-state index in [0.29, 0.717) is 12.8 Å². The minimum Gasteiger partial charge on any atom is -0.299 e. The number of carbonyl (C=O) groups is 2. The molecule has 0 aliphatic heterocycles. The molecule has 0 aromatic heterocycles. The van der Waals surface area contributed by atoms with Crippen molar-refractivity contribution in [3.05, 3.63) is 25.3 Å². The summed E-state index contributed by atoms with van der Waals surface area (Å²) < 4.78 is 0. The van der Waals surface area contributed by atoms with Gasteiger partial charge in [-0.25, -0.2) is 0 Å². The van der Waals surface area contributed by atoms with Crippen LogP contribution in [0.5, 0.6) is 0 Å². The second kappa shape index (κ2) is 6.53. The lowest BCUT2D eigenvalue weighted by molar-refractivity contribution is -0.145. The molecule has 2 heteroatoms. The van der Waals surface area contributed by atoms with Crippen LogP contribution in [0.3, 0.4) is 0 Å². The third kappa shape index (κ3) is 2.56. The summed E-state index contributed by atoms with van der Waals surface area (Å²) in [4.78, 5) is 24.6. The number of hydrogen-bond donors (Lipinski definition) is 0. The van der Waals surface area contributed by atoms with Gasteiger partial charge in [0.15, 0.2) is 0 Å². The maximum atomic E-state index is 12.3. The van der Waals surface area contributed by atoms with Crippen LogP contribution in [0.15, 0.2) is 25.3 Å². The van der Waals surface area contributed by atoms with Crippen molar-refractivity contribution in [2.75, 3.05) is 0 Å². The maximum absolute atomic E-state index is 12.3. The van der Waals surface area contributed by atoms with Crippen LogP contribution in [-0.2, 0) is 9.59 Å². The average Bonchev–Trinajstić information content (AvgIpc) is 2.37. The molecule has 0 aliphatic rings. The molecule has 0 aromatic carbocycles. The standard InChI is InChI=1S/C15H24O2/c1-7-11(5)15(12(6)8-2,13(16)9-3)14(17)10-4/h7-8,11-12H,1-2,9-10H2,3-6H3. The van der Waals surface area contributed by atoms with E-state index in [0.717, 1.165) is 0 Å². The fourth-order valence-corrected chi connectivity index (χ4v) is 2.54. The Morgan fingerprint density at radius 3 is 1.47 bits per heavy atom. The molecular weight excluding hydrogens is 212 g/mol. The van der Waals surface area contributed by atoms with Crippen LogP contribution in [0.2, 0.25) is 0 Å². The molecule has 0 saturated carbocycles. The Kier molecular flexibility index (Phi) is 6.08. The molecule has 17 heavy (non-hydrogen) atoms. The Bertz CT molecular complexity index is 283. The second-order valence-electron chi connectivity index (χ2n) is 4.47. The first-order valence-electron chi connectivity index (χ1n) is 6.24. The molecule has 0 amide bonds. The summed E-state index contributed by atoms with van der Waals surface area (Å²) in [5.41, 5.74) is -0.979. The van der Waals surface area contributed by atoms with Crippen molar-refractivity contribution in [3.63, 3.8) is 0 Å². The minimum absolute atomic E-state index is 0.0100. The molecule has 0 fully saturated rings. The van der Waals surface area contributed by atoms with Crippen molar-refractivity contribution in [1.82, 2.24) is 0 Å². The Labute approximate surface area is 105 Å². The smallest absolute Gasteiger partial charge is 0.147 e. The van der Waals surface area contributed by atoms with E-state index in [2.05, 4.69) is 13.2 Å². The average molecular weight is 236 g/mol. The summed E-state index contributed by atoms with van der Waals surface area (Å²) >= 11 is 0.